The summed E-state index contributed by atoms with van der Waals surface area (Å²) in [6.45, 7) is 8.11. The summed E-state index contributed by atoms with van der Waals surface area (Å²) in [5, 5.41) is 54.1. The van der Waals surface area contributed by atoms with Crippen LogP contribution in [0.4, 0.5) is 0 Å². The molecule has 8 heteroatoms. The highest BCUT2D eigenvalue weighted by Crippen LogP contribution is 2.39. The van der Waals surface area contributed by atoms with Gasteiger partial charge in [-0.3, -0.25) is 0 Å². The molecule has 0 saturated carbocycles. The van der Waals surface area contributed by atoms with Gasteiger partial charge in [0.15, 0.2) is 0 Å². The van der Waals surface area contributed by atoms with Gasteiger partial charge in [0.05, 0.1) is 13.2 Å². The van der Waals surface area contributed by atoms with Crippen LogP contribution in [0.2, 0.25) is 5.04 Å². The summed E-state index contributed by atoms with van der Waals surface area (Å²) in [7, 11) is -2.83. The van der Waals surface area contributed by atoms with Crippen LogP contribution in [0.5, 0.6) is 0 Å². The number of ether oxygens (including phenoxy) is 1. The molecule has 38 heavy (non-hydrogen) atoms. The van der Waals surface area contributed by atoms with Crippen LogP contribution in [0.3, 0.4) is 0 Å². The standard InChI is InChI=1S/C30H38O7Si/c1-20-15-16-22(30(35)28(34)27(33)26(32)25(18-31)37-30)17-21(20)19-36-38(29(2,3)4,23-11-7-5-8-12-23)24-13-9-6-10-14-24/h5-17,25-28,31-35H,18-19H2,1-4H3/t25-,26-,27+,28-,30-/m1/s1. The predicted octanol–water partition coefficient (Wildman–Crippen LogP) is 1.69. The molecule has 7 nitrogen and oxygen atoms in total. The van der Waals surface area contributed by atoms with Gasteiger partial charge < -0.3 is 34.7 Å². The molecular weight excluding hydrogens is 500 g/mol. The van der Waals surface area contributed by atoms with Crippen molar-refractivity contribution in [2.24, 2.45) is 0 Å². The predicted molar refractivity (Wildman–Crippen MR) is 147 cm³/mol. The van der Waals surface area contributed by atoms with E-state index in [1.807, 2.05) is 43.3 Å². The van der Waals surface area contributed by atoms with Crippen molar-refractivity contribution in [3.05, 3.63) is 95.6 Å². The van der Waals surface area contributed by atoms with Crippen molar-refractivity contribution in [1.82, 2.24) is 0 Å². The highest BCUT2D eigenvalue weighted by molar-refractivity contribution is 6.99. The smallest absolute Gasteiger partial charge is 0.261 e. The normalized spacial score (nSPS) is 26.3. The van der Waals surface area contributed by atoms with E-state index in [-0.39, 0.29) is 17.2 Å². The summed E-state index contributed by atoms with van der Waals surface area (Å²) >= 11 is 0. The summed E-state index contributed by atoms with van der Waals surface area (Å²) in [6.07, 6.45) is -6.34. The molecule has 0 amide bonds. The van der Waals surface area contributed by atoms with Crippen molar-refractivity contribution < 1.29 is 34.7 Å². The Morgan fingerprint density at radius 3 is 1.92 bits per heavy atom. The lowest BCUT2D eigenvalue weighted by atomic mass is 9.87. The molecule has 204 valence electrons. The fraction of sp³-hybridized carbons (Fsp3) is 0.400. The third-order valence-electron chi connectivity index (χ3n) is 7.59. The van der Waals surface area contributed by atoms with Crippen LogP contribution in [0.25, 0.3) is 0 Å². The summed E-state index contributed by atoms with van der Waals surface area (Å²) in [6, 6.07) is 25.6. The lowest BCUT2D eigenvalue weighted by Gasteiger charge is -2.45. The van der Waals surface area contributed by atoms with E-state index in [0.29, 0.717) is 0 Å². The van der Waals surface area contributed by atoms with E-state index >= 15 is 0 Å². The van der Waals surface area contributed by atoms with Crippen molar-refractivity contribution in [3.63, 3.8) is 0 Å². The van der Waals surface area contributed by atoms with Gasteiger partial charge >= 0.3 is 0 Å². The summed E-state index contributed by atoms with van der Waals surface area (Å²) in [5.74, 6) is -2.33. The van der Waals surface area contributed by atoms with E-state index in [2.05, 4.69) is 45.0 Å². The first-order valence-electron chi connectivity index (χ1n) is 12.9. The van der Waals surface area contributed by atoms with Crippen LogP contribution in [0.1, 0.15) is 37.5 Å². The van der Waals surface area contributed by atoms with Crippen LogP contribution >= 0.6 is 0 Å². The van der Waals surface area contributed by atoms with Gasteiger partial charge in [-0.1, -0.05) is 93.6 Å². The van der Waals surface area contributed by atoms with Gasteiger partial charge in [-0.15, -0.1) is 0 Å². The Bertz CT molecular complexity index is 1170. The topological polar surface area (TPSA) is 120 Å². The lowest BCUT2D eigenvalue weighted by molar-refractivity contribution is -0.357. The Kier molecular flexibility index (Phi) is 8.28. The van der Waals surface area contributed by atoms with Crippen LogP contribution in [0.15, 0.2) is 78.9 Å². The zero-order valence-electron chi connectivity index (χ0n) is 22.3. The lowest BCUT2D eigenvalue weighted by Crippen LogP contribution is -2.66. The summed E-state index contributed by atoms with van der Waals surface area (Å²) < 4.78 is 12.6. The van der Waals surface area contributed by atoms with Gasteiger partial charge in [0, 0.05) is 5.56 Å². The SMILES string of the molecule is Cc1ccc([C@@]2(O)O[C@H](CO)[C@@H](O)[C@H](O)[C@H]2O)cc1CO[Si](c1ccccc1)(c1ccccc1)C(C)(C)C. The molecule has 1 heterocycles. The maximum Gasteiger partial charge on any atom is 0.261 e. The largest absolute Gasteiger partial charge is 0.403 e. The molecule has 0 spiro atoms. The number of aryl methyl sites for hydroxylation is 1. The van der Waals surface area contributed by atoms with E-state index in [1.165, 1.54) is 0 Å². The third-order valence-corrected chi connectivity index (χ3v) is 12.6. The number of rotatable bonds is 7. The van der Waals surface area contributed by atoms with E-state index in [1.54, 1.807) is 18.2 Å². The Balaban J connectivity index is 1.76. The minimum Gasteiger partial charge on any atom is -0.403 e. The van der Waals surface area contributed by atoms with Gasteiger partial charge in [-0.25, -0.2) is 0 Å². The molecule has 0 unspecified atom stereocenters. The summed E-state index contributed by atoms with van der Waals surface area (Å²) in [5.41, 5.74) is 1.89. The highest BCUT2D eigenvalue weighted by Gasteiger charge is 2.54. The molecule has 0 radical (unpaired) electrons. The van der Waals surface area contributed by atoms with E-state index in [9.17, 15) is 25.5 Å². The van der Waals surface area contributed by atoms with Gasteiger partial charge in [-0.05, 0) is 39.5 Å². The fourth-order valence-electron chi connectivity index (χ4n) is 5.39. The second-order valence-electron chi connectivity index (χ2n) is 11.1. The van der Waals surface area contributed by atoms with Gasteiger partial charge in [0.2, 0.25) is 5.79 Å². The molecule has 0 bridgehead atoms. The first-order valence-corrected chi connectivity index (χ1v) is 14.8. The zero-order chi connectivity index (χ0) is 27.7. The third kappa shape index (κ3) is 4.99. The molecule has 3 aromatic carbocycles. The molecule has 1 fully saturated rings. The van der Waals surface area contributed by atoms with Crippen LogP contribution in [-0.4, -0.2) is 64.9 Å². The minimum atomic E-state index is -2.83. The first-order chi connectivity index (χ1) is 18.0. The Morgan fingerprint density at radius 2 is 1.42 bits per heavy atom. The number of hydrogen-bond acceptors (Lipinski definition) is 7. The van der Waals surface area contributed by atoms with Gasteiger partial charge in [-0.2, -0.15) is 0 Å². The second kappa shape index (κ2) is 11.0. The minimum absolute atomic E-state index is 0.195. The molecule has 1 aliphatic rings. The number of aliphatic hydroxyl groups is 5. The van der Waals surface area contributed by atoms with Crippen molar-refractivity contribution in [2.45, 2.75) is 69.5 Å². The van der Waals surface area contributed by atoms with Crippen molar-refractivity contribution in [2.75, 3.05) is 6.61 Å². The number of benzene rings is 3. The molecule has 0 aliphatic carbocycles. The molecule has 3 aromatic rings. The molecule has 5 atom stereocenters. The number of aliphatic hydroxyl groups excluding tert-OH is 4. The average Bonchev–Trinajstić information content (AvgIpc) is 2.91. The van der Waals surface area contributed by atoms with E-state index in [0.717, 1.165) is 21.5 Å². The van der Waals surface area contributed by atoms with Gasteiger partial charge in [0.25, 0.3) is 8.32 Å². The number of hydrogen-bond donors (Lipinski definition) is 5. The van der Waals surface area contributed by atoms with Crippen molar-refractivity contribution in [3.8, 4) is 0 Å². The van der Waals surface area contributed by atoms with Crippen LogP contribution in [-0.2, 0) is 21.6 Å². The monoisotopic (exact) mass is 538 g/mol. The van der Waals surface area contributed by atoms with E-state index in [4.69, 9.17) is 9.16 Å². The second-order valence-corrected chi connectivity index (χ2v) is 15.4. The Morgan fingerprint density at radius 1 is 0.868 bits per heavy atom. The molecule has 1 saturated heterocycles. The Labute approximate surface area is 225 Å². The zero-order valence-corrected chi connectivity index (χ0v) is 23.3. The summed E-state index contributed by atoms with van der Waals surface area (Å²) in [4.78, 5) is 0. The molecule has 4 rings (SSSR count). The maximum atomic E-state index is 11.3. The molecule has 0 aromatic heterocycles. The van der Waals surface area contributed by atoms with E-state index < -0.39 is 45.1 Å². The maximum absolute atomic E-state index is 11.3. The van der Waals surface area contributed by atoms with Crippen molar-refractivity contribution >= 4 is 18.7 Å². The Hall–Kier alpha value is -2.40. The quantitative estimate of drug-likeness (QED) is 0.291. The van der Waals surface area contributed by atoms with Gasteiger partial charge in [0.1, 0.15) is 24.4 Å². The molecular formula is C30H38O7Si. The first kappa shape index (κ1) is 28.6. The molecule has 1 aliphatic heterocycles. The molecule has 5 N–H and O–H groups in total. The average molecular weight is 539 g/mol. The van der Waals surface area contributed by atoms with Crippen molar-refractivity contribution in [1.29, 1.82) is 0 Å². The van der Waals surface area contributed by atoms with Crippen LogP contribution < -0.4 is 10.4 Å². The fourth-order valence-corrected chi connectivity index (χ4v) is 9.92. The van der Waals surface area contributed by atoms with Crippen LogP contribution in [0, 0.1) is 6.92 Å². The highest BCUT2D eigenvalue weighted by atomic mass is 28.4.